The molecule has 94 valence electrons. The Morgan fingerprint density at radius 3 is 2.88 bits per heavy atom. The number of thiophene rings is 1. The molecule has 0 N–H and O–H groups in total. The highest BCUT2D eigenvalue weighted by molar-refractivity contribution is 7.18. The minimum atomic E-state index is 0.179. The normalized spacial score (nSPS) is 22.9. The maximum atomic E-state index is 12.0. The van der Waals surface area contributed by atoms with Crippen LogP contribution in [0.25, 0.3) is 0 Å². The number of hydrogen-bond donors (Lipinski definition) is 0. The average molecular weight is 273 g/mol. The molecule has 2 rings (SSSR count). The lowest BCUT2D eigenvalue weighted by atomic mass is 10.2. The molecule has 0 aliphatic carbocycles. The first kappa shape index (κ1) is 13.0. The summed E-state index contributed by atoms with van der Waals surface area (Å²) < 4.78 is 0.680. The van der Waals surface area contributed by atoms with Gasteiger partial charge < -0.3 is 4.90 Å². The SMILES string of the molecule is CC1CN(C)CCN1CC(=O)c1ccc(Cl)s1. The van der Waals surface area contributed by atoms with Gasteiger partial charge in [-0.2, -0.15) is 0 Å². The van der Waals surface area contributed by atoms with Crippen LogP contribution in [-0.4, -0.2) is 54.9 Å². The van der Waals surface area contributed by atoms with E-state index in [1.807, 2.05) is 6.07 Å². The topological polar surface area (TPSA) is 23.6 Å². The molecule has 1 unspecified atom stereocenters. The van der Waals surface area contributed by atoms with Crippen LogP contribution in [0.2, 0.25) is 4.34 Å². The predicted octanol–water partition coefficient (Wildman–Crippen LogP) is 2.22. The van der Waals surface area contributed by atoms with Crippen LogP contribution in [-0.2, 0) is 0 Å². The van der Waals surface area contributed by atoms with Crippen LogP contribution >= 0.6 is 22.9 Å². The number of rotatable bonds is 3. The van der Waals surface area contributed by atoms with Gasteiger partial charge in [0.25, 0.3) is 0 Å². The van der Waals surface area contributed by atoms with E-state index in [2.05, 4.69) is 23.8 Å². The number of piperazine rings is 1. The Bertz CT molecular complexity index is 407. The van der Waals surface area contributed by atoms with Crippen LogP contribution in [0.3, 0.4) is 0 Å². The van der Waals surface area contributed by atoms with Crippen LogP contribution in [0, 0.1) is 0 Å². The summed E-state index contributed by atoms with van der Waals surface area (Å²) in [5, 5.41) is 0. The van der Waals surface area contributed by atoms with Crippen molar-refractivity contribution < 1.29 is 4.79 Å². The zero-order valence-corrected chi connectivity index (χ0v) is 11.7. The summed E-state index contributed by atoms with van der Waals surface area (Å²) in [7, 11) is 2.12. The molecule has 1 aliphatic heterocycles. The van der Waals surface area contributed by atoms with Crippen LogP contribution < -0.4 is 0 Å². The van der Waals surface area contributed by atoms with Gasteiger partial charge in [-0.3, -0.25) is 9.69 Å². The molecule has 1 aliphatic rings. The molecule has 1 fully saturated rings. The van der Waals surface area contributed by atoms with Gasteiger partial charge in [0, 0.05) is 25.7 Å². The first-order valence-corrected chi connectivity index (χ1v) is 6.97. The lowest BCUT2D eigenvalue weighted by Crippen LogP contribution is -2.51. The van der Waals surface area contributed by atoms with Gasteiger partial charge in [0.15, 0.2) is 5.78 Å². The van der Waals surface area contributed by atoms with Crippen LogP contribution in [0.15, 0.2) is 12.1 Å². The fraction of sp³-hybridized carbons (Fsp3) is 0.583. The smallest absolute Gasteiger partial charge is 0.186 e. The highest BCUT2D eigenvalue weighted by Gasteiger charge is 2.24. The zero-order chi connectivity index (χ0) is 12.4. The van der Waals surface area contributed by atoms with E-state index in [1.165, 1.54) is 11.3 Å². The molecule has 0 saturated carbocycles. The van der Waals surface area contributed by atoms with Crippen molar-refractivity contribution in [2.24, 2.45) is 0 Å². The van der Waals surface area contributed by atoms with Gasteiger partial charge in [-0.25, -0.2) is 0 Å². The fourth-order valence-electron chi connectivity index (χ4n) is 2.14. The van der Waals surface area contributed by atoms with E-state index in [9.17, 15) is 4.79 Å². The summed E-state index contributed by atoms with van der Waals surface area (Å²) >= 11 is 7.21. The molecule has 1 atom stereocenters. The van der Waals surface area contributed by atoms with Gasteiger partial charge in [0.1, 0.15) is 0 Å². The highest BCUT2D eigenvalue weighted by Crippen LogP contribution is 2.22. The number of nitrogens with zero attached hydrogens (tertiary/aromatic N) is 2. The Morgan fingerprint density at radius 2 is 2.29 bits per heavy atom. The highest BCUT2D eigenvalue weighted by atomic mass is 35.5. The summed E-state index contributed by atoms with van der Waals surface area (Å²) in [5.41, 5.74) is 0. The minimum absolute atomic E-state index is 0.179. The summed E-state index contributed by atoms with van der Waals surface area (Å²) in [4.78, 5) is 17.4. The third kappa shape index (κ3) is 3.28. The molecule has 5 heteroatoms. The summed E-state index contributed by atoms with van der Waals surface area (Å²) in [6.07, 6.45) is 0. The molecule has 0 aromatic carbocycles. The monoisotopic (exact) mass is 272 g/mol. The molecule has 17 heavy (non-hydrogen) atoms. The number of hydrogen-bond acceptors (Lipinski definition) is 4. The first-order chi connectivity index (χ1) is 8.06. The number of likely N-dealkylation sites (N-methyl/N-ethyl adjacent to an activating group) is 1. The number of Topliss-reactive ketones (excluding diaryl/α,β-unsaturated/α-hetero) is 1. The molecular weight excluding hydrogens is 256 g/mol. The van der Waals surface area contributed by atoms with Gasteiger partial charge in [-0.1, -0.05) is 11.6 Å². The van der Waals surface area contributed by atoms with E-state index in [-0.39, 0.29) is 5.78 Å². The molecule has 0 radical (unpaired) electrons. The third-order valence-electron chi connectivity index (χ3n) is 3.16. The quantitative estimate of drug-likeness (QED) is 0.789. The van der Waals surface area contributed by atoms with Crippen molar-refractivity contribution in [3.8, 4) is 0 Å². The summed E-state index contributed by atoms with van der Waals surface area (Å²) in [6.45, 7) is 5.69. The lowest BCUT2D eigenvalue weighted by Gasteiger charge is -2.37. The molecule has 1 aromatic rings. The van der Waals surface area contributed by atoms with Crippen molar-refractivity contribution in [1.29, 1.82) is 0 Å². The lowest BCUT2D eigenvalue weighted by molar-refractivity contribution is 0.0751. The Kier molecular flexibility index (Phi) is 4.20. The molecule has 0 bridgehead atoms. The molecule has 1 aromatic heterocycles. The van der Waals surface area contributed by atoms with Crippen molar-refractivity contribution in [3.05, 3.63) is 21.3 Å². The van der Waals surface area contributed by atoms with Gasteiger partial charge in [-0.05, 0) is 26.1 Å². The van der Waals surface area contributed by atoms with Crippen molar-refractivity contribution in [2.75, 3.05) is 33.2 Å². The largest absolute Gasteiger partial charge is 0.304 e. The Balaban J connectivity index is 1.95. The van der Waals surface area contributed by atoms with Crippen LogP contribution in [0.1, 0.15) is 16.6 Å². The maximum absolute atomic E-state index is 12.0. The molecule has 2 heterocycles. The van der Waals surface area contributed by atoms with E-state index < -0.39 is 0 Å². The fourth-order valence-corrected chi connectivity index (χ4v) is 3.11. The van der Waals surface area contributed by atoms with Crippen molar-refractivity contribution in [2.45, 2.75) is 13.0 Å². The summed E-state index contributed by atoms with van der Waals surface area (Å²) in [6, 6.07) is 4.04. The molecule has 1 saturated heterocycles. The Labute approximate surface area is 111 Å². The molecule has 0 spiro atoms. The van der Waals surface area contributed by atoms with E-state index in [1.54, 1.807) is 6.07 Å². The molecule has 0 amide bonds. The zero-order valence-electron chi connectivity index (χ0n) is 10.1. The third-order valence-corrected chi connectivity index (χ3v) is 4.44. The number of halogens is 1. The standard InChI is InChI=1S/C12H17ClN2OS/c1-9-7-14(2)5-6-15(9)8-10(16)11-3-4-12(13)17-11/h3-4,9H,5-8H2,1-2H3. The van der Waals surface area contributed by atoms with Crippen molar-refractivity contribution in [1.82, 2.24) is 9.80 Å². The maximum Gasteiger partial charge on any atom is 0.186 e. The average Bonchev–Trinajstić information content (AvgIpc) is 2.69. The van der Waals surface area contributed by atoms with E-state index in [4.69, 9.17) is 11.6 Å². The van der Waals surface area contributed by atoms with Crippen molar-refractivity contribution >= 4 is 28.7 Å². The predicted molar refractivity (Wildman–Crippen MR) is 72.2 cm³/mol. The van der Waals surface area contributed by atoms with Crippen molar-refractivity contribution in [3.63, 3.8) is 0 Å². The number of ketones is 1. The van der Waals surface area contributed by atoms with E-state index in [0.717, 1.165) is 24.5 Å². The second kappa shape index (κ2) is 5.48. The van der Waals surface area contributed by atoms with Gasteiger partial charge in [0.2, 0.25) is 0 Å². The Morgan fingerprint density at radius 1 is 1.53 bits per heavy atom. The number of carbonyl (C=O) groups is 1. The van der Waals surface area contributed by atoms with Gasteiger partial charge in [0.05, 0.1) is 15.8 Å². The minimum Gasteiger partial charge on any atom is -0.304 e. The van der Waals surface area contributed by atoms with Gasteiger partial charge >= 0.3 is 0 Å². The first-order valence-electron chi connectivity index (χ1n) is 5.77. The number of carbonyl (C=O) groups excluding carboxylic acids is 1. The molecule has 3 nitrogen and oxygen atoms in total. The van der Waals surface area contributed by atoms with E-state index in [0.29, 0.717) is 16.9 Å². The summed E-state index contributed by atoms with van der Waals surface area (Å²) in [5.74, 6) is 0.179. The second-order valence-electron chi connectivity index (χ2n) is 4.61. The van der Waals surface area contributed by atoms with Crippen LogP contribution in [0.4, 0.5) is 0 Å². The Hall–Kier alpha value is -0.420. The second-order valence-corrected chi connectivity index (χ2v) is 6.32. The van der Waals surface area contributed by atoms with Crippen LogP contribution in [0.5, 0.6) is 0 Å². The van der Waals surface area contributed by atoms with E-state index >= 15 is 0 Å². The molecular formula is C12H17ClN2OS. The van der Waals surface area contributed by atoms with Gasteiger partial charge in [-0.15, -0.1) is 11.3 Å².